The van der Waals surface area contributed by atoms with Gasteiger partial charge in [-0.15, -0.1) is 0 Å². The van der Waals surface area contributed by atoms with Crippen molar-refractivity contribution in [1.29, 1.82) is 0 Å². The minimum atomic E-state index is 0.711. The molecule has 0 bridgehead atoms. The van der Waals surface area contributed by atoms with Gasteiger partial charge in [-0.1, -0.05) is 19.3 Å². The monoisotopic (exact) mass is 256 g/mol. The van der Waals surface area contributed by atoms with Gasteiger partial charge in [-0.05, 0) is 37.0 Å². The highest BCUT2D eigenvalue weighted by Gasteiger charge is 2.14. The Labute approximate surface area is 113 Å². The second-order valence-electron chi connectivity index (χ2n) is 5.39. The lowest BCUT2D eigenvalue weighted by Gasteiger charge is -2.22. The molecule has 1 aromatic carbocycles. The van der Waals surface area contributed by atoms with Crippen molar-refractivity contribution in [3.63, 3.8) is 0 Å². The van der Waals surface area contributed by atoms with Crippen LogP contribution < -0.4 is 10.5 Å². The highest BCUT2D eigenvalue weighted by atomic mass is 16.5. The van der Waals surface area contributed by atoms with Crippen LogP contribution in [0, 0.1) is 5.92 Å². The third-order valence-electron chi connectivity index (χ3n) is 4.01. The van der Waals surface area contributed by atoms with Crippen LogP contribution in [0.5, 0.6) is 5.75 Å². The van der Waals surface area contributed by atoms with E-state index >= 15 is 0 Å². The van der Waals surface area contributed by atoms with E-state index in [1.807, 2.05) is 18.2 Å². The zero-order valence-electron chi connectivity index (χ0n) is 11.1. The van der Waals surface area contributed by atoms with Crippen LogP contribution in [0.25, 0.3) is 10.8 Å². The summed E-state index contributed by atoms with van der Waals surface area (Å²) < 4.78 is 6.03. The maximum absolute atomic E-state index is 6.03. The lowest BCUT2D eigenvalue weighted by atomic mass is 9.90. The van der Waals surface area contributed by atoms with Crippen molar-refractivity contribution < 1.29 is 4.74 Å². The van der Waals surface area contributed by atoms with Crippen LogP contribution in [0.1, 0.15) is 32.1 Å². The number of rotatable bonds is 3. The molecule has 1 fully saturated rings. The number of anilines is 1. The van der Waals surface area contributed by atoms with E-state index in [4.69, 9.17) is 10.5 Å². The number of fused-ring (bicyclic) bond motifs is 1. The summed E-state index contributed by atoms with van der Waals surface area (Å²) >= 11 is 0. The van der Waals surface area contributed by atoms with Gasteiger partial charge < -0.3 is 10.5 Å². The summed E-state index contributed by atoms with van der Waals surface area (Å²) in [6, 6.07) is 5.85. The number of hydrogen-bond acceptors (Lipinski definition) is 3. The molecule has 1 heterocycles. The smallest absolute Gasteiger partial charge is 0.127 e. The van der Waals surface area contributed by atoms with Crippen LogP contribution in [0.3, 0.4) is 0 Å². The Morgan fingerprint density at radius 3 is 2.79 bits per heavy atom. The number of pyridine rings is 1. The summed E-state index contributed by atoms with van der Waals surface area (Å²) in [6.45, 7) is 0.821. The summed E-state index contributed by atoms with van der Waals surface area (Å²) in [5.41, 5.74) is 6.73. The number of nitrogen functional groups attached to an aromatic ring is 1. The Balaban J connectivity index is 1.79. The molecule has 1 aliphatic carbocycles. The molecule has 3 heteroatoms. The highest BCUT2D eigenvalue weighted by molar-refractivity contribution is 5.96. The molecule has 0 saturated heterocycles. The minimum absolute atomic E-state index is 0.711. The normalized spacial score (nSPS) is 16.6. The molecule has 0 amide bonds. The van der Waals surface area contributed by atoms with Gasteiger partial charge in [0.15, 0.2) is 0 Å². The van der Waals surface area contributed by atoms with Crippen molar-refractivity contribution in [3.8, 4) is 5.75 Å². The van der Waals surface area contributed by atoms with E-state index in [1.165, 1.54) is 32.1 Å². The Kier molecular flexibility index (Phi) is 3.53. The predicted molar refractivity (Wildman–Crippen MR) is 78.2 cm³/mol. The summed E-state index contributed by atoms with van der Waals surface area (Å²) in [7, 11) is 0. The van der Waals surface area contributed by atoms with E-state index in [2.05, 4.69) is 4.98 Å². The first-order chi connectivity index (χ1) is 9.34. The molecule has 2 aromatic rings. The van der Waals surface area contributed by atoms with Crippen LogP contribution in [-0.4, -0.2) is 11.6 Å². The Hall–Kier alpha value is -1.77. The van der Waals surface area contributed by atoms with Gasteiger partial charge in [0.2, 0.25) is 0 Å². The van der Waals surface area contributed by atoms with E-state index in [1.54, 1.807) is 12.4 Å². The molecule has 100 valence electrons. The summed E-state index contributed by atoms with van der Waals surface area (Å²) in [4.78, 5) is 4.13. The average Bonchev–Trinajstić information content (AvgIpc) is 2.48. The first-order valence-electron chi connectivity index (χ1n) is 7.09. The first kappa shape index (κ1) is 12.3. The number of nitrogens with zero attached hydrogens (tertiary/aromatic N) is 1. The first-order valence-corrected chi connectivity index (χ1v) is 7.09. The van der Waals surface area contributed by atoms with Crippen LogP contribution in [0.2, 0.25) is 0 Å². The molecule has 0 spiro atoms. The lowest BCUT2D eigenvalue weighted by Crippen LogP contribution is -2.15. The molecule has 1 aliphatic rings. The van der Waals surface area contributed by atoms with Gasteiger partial charge in [-0.25, -0.2) is 0 Å². The van der Waals surface area contributed by atoms with Crippen LogP contribution >= 0.6 is 0 Å². The maximum atomic E-state index is 6.03. The van der Waals surface area contributed by atoms with Crippen molar-refractivity contribution in [1.82, 2.24) is 4.98 Å². The Morgan fingerprint density at radius 2 is 1.95 bits per heavy atom. The molecule has 0 unspecified atom stereocenters. The molecule has 0 atom stereocenters. The zero-order chi connectivity index (χ0) is 13.1. The fraction of sp³-hybridized carbons (Fsp3) is 0.438. The maximum Gasteiger partial charge on any atom is 0.127 e. The van der Waals surface area contributed by atoms with Crippen molar-refractivity contribution in [2.75, 3.05) is 12.3 Å². The highest BCUT2D eigenvalue weighted by Crippen LogP contribution is 2.31. The minimum Gasteiger partial charge on any atom is -0.493 e. The summed E-state index contributed by atoms with van der Waals surface area (Å²) in [6.07, 6.45) is 10.3. The third-order valence-corrected chi connectivity index (χ3v) is 4.01. The van der Waals surface area contributed by atoms with Crippen LogP contribution in [0.15, 0.2) is 30.6 Å². The molecular formula is C16H20N2O. The Morgan fingerprint density at radius 1 is 1.11 bits per heavy atom. The van der Waals surface area contributed by atoms with Gasteiger partial charge in [0.1, 0.15) is 5.75 Å². The average molecular weight is 256 g/mol. The number of benzene rings is 1. The van der Waals surface area contributed by atoms with Crippen molar-refractivity contribution in [2.45, 2.75) is 32.1 Å². The zero-order valence-corrected chi connectivity index (χ0v) is 11.1. The molecular weight excluding hydrogens is 236 g/mol. The SMILES string of the molecule is Nc1ccc(OCC2CCCCC2)c2ccncc12. The molecule has 3 nitrogen and oxygen atoms in total. The van der Waals surface area contributed by atoms with Crippen molar-refractivity contribution in [3.05, 3.63) is 30.6 Å². The molecule has 19 heavy (non-hydrogen) atoms. The van der Waals surface area contributed by atoms with E-state index in [-0.39, 0.29) is 0 Å². The van der Waals surface area contributed by atoms with Gasteiger partial charge in [0.05, 0.1) is 6.61 Å². The quantitative estimate of drug-likeness (QED) is 0.850. The molecule has 1 aromatic heterocycles. The fourth-order valence-corrected chi connectivity index (χ4v) is 2.87. The largest absolute Gasteiger partial charge is 0.493 e. The van der Waals surface area contributed by atoms with E-state index < -0.39 is 0 Å². The van der Waals surface area contributed by atoms with Crippen molar-refractivity contribution >= 4 is 16.5 Å². The lowest BCUT2D eigenvalue weighted by molar-refractivity contribution is 0.210. The molecule has 0 aliphatic heterocycles. The predicted octanol–water partition coefficient (Wildman–Crippen LogP) is 3.78. The summed E-state index contributed by atoms with van der Waals surface area (Å²) in [5, 5.41) is 2.04. The van der Waals surface area contributed by atoms with Crippen LogP contribution in [0.4, 0.5) is 5.69 Å². The topological polar surface area (TPSA) is 48.1 Å². The molecule has 3 rings (SSSR count). The standard InChI is InChI=1S/C16H20N2O/c17-15-6-7-16(13-8-9-18-10-14(13)15)19-11-12-4-2-1-3-5-12/h6-10,12H,1-5,11,17H2. The Bertz CT molecular complexity index is 562. The van der Waals surface area contributed by atoms with E-state index in [0.29, 0.717) is 5.92 Å². The molecule has 1 saturated carbocycles. The fourth-order valence-electron chi connectivity index (χ4n) is 2.87. The molecule has 2 N–H and O–H groups in total. The summed E-state index contributed by atoms with van der Waals surface area (Å²) in [5.74, 6) is 1.64. The number of ether oxygens (including phenoxy) is 1. The number of nitrogens with two attached hydrogens (primary N) is 1. The van der Waals surface area contributed by atoms with Crippen LogP contribution in [-0.2, 0) is 0 Å². The van der Waals surface area contributed by atoms with Gasteiger partial charge >= 0.3 is 0 Å². The van der Waals surface area contributed by atoms with Gasteiger partial charge in [-0.3, -0.25) is 4.98 Å². The van der Waals surface area contributed by atoms with Gasteiger partial charge in [0.25, 0.3) is 0 Å². The van der Waals surface area contributed by atoms with Gasteiger partial charge in [0, 0.05) is 28.9 Å². The number of hydrogen-bond donors (Lipinski definition) is 1. The van der Waals surface area contributed by atoms with Crippen molar-refractivity contribution in [2.24, 2.45) is 5.92 Å². The number of aromatic nitrogens is 1. The second kappa shape index (κ2) is 5.47. The third kappa shape index (κ3) is 2.65. The van der Waals surface area contributed by atoms with Gasteiger partial charge in [-0.2, -0.15) is 0 Å². The van der Waals surface area contributed by atoms with E-state index in [0.717, 1.165) is 28.8 Å². The molecule has 0 radical (unpaired) electrons. The van der Waals surface area contributed by atoms with E-state index in [9.17, 15) is 0 Å². The second-order valence-corrected chi connectivity index (χ2v) is 5.39.